The summed E-state index contributed by atoms with van der Waals surface area (Å²) < 4.78 is 48.8. The predicted octanol–water partition coefficient (Wildman–Crippen LogP) is 5.07. The number of hydrogen-bond acceptors (Lipinski definition) is 6. The summed E-state index contributed by atoms with van der Waals surface area (Å²) in [7, 11) is -6.97. The molecule has 0 radical (unpaired) electrons. The van der Waals surface area contributed by atoms with E-state index in [1.807, 2.05) is 32.0 Å². The summed E-state index contributed by atoms with van der Waals surface area (Å²) in [5, 5.41) is 18.2. The van der Waals surface area contributed by atoms with Gasteiger partial charge in [0.05, 0.1) is 19.6 Å². The molecule has 0 aliphatic heterocycles. The molecule has 0 saturated heterocycles. The third-order valence-corrected chi connectivity index (χ3v) is 8.48. The van der Waals surface area contributed by atoms with Crippen LogP contribution in [0.1, 0.15) is 11.1 Å². The SMILES string of the molecule is Cc1ccc(S(=O)(=O)c2cccc(C)c2)cc1.O=S(=O)(c1ccc(O)cc1)c1ccc(O)cc1. The molecule has 4 aromatic carbocycles. The lowest BCUT2D eigenvalue weighted by Crippen LogP contribution is -2.02. The van der Waals surface area contributed by atoms with Gasteiger partial charge < -0.3 is 10.2 Å². The van der Waals surface area contributed by atoms with Crippen molar-refractivity contribution in [2.45, 2.75) is 33.4 Å². The molecule has 0 fully saturated rings. The van der Waals surface area contributed by atoms with Crippen molar-refractivity contribution in [3.05, 3.63) is 108 Å². The maximum absolute atomic E-state index is 12.3. The Hall–Kier alpha value is -3.62. The first-order valence-corrected chi connectivity index (χ1v) is 13.2. The van der Waals surface area contributed by atoms with Crippen LogP contribution < -0.4 is 0 Å². The first kappa shape index (κ1) is 25.0. The lowest BCUT2D eigenvalue weighted by atomic mass is 10.2. The second-order valence-electron chi connectivity index (χ2n) is 7.62. The molecule has 0 bridgehead atoms. The topological polar surface area (TPSA) is 109 Å². The molecule has 6 nitrogen and oxygen atoms in total. The minimum absolute atomic E-state index is 0.00894. The third kappa shape index (κ3) is 5.84. The van der Waals surface area contributed by atoms with E-state index in [0.29, 0.717) is 9.79 Å². The van der Waals surface area contributed by atoms with Crippen LogP contribution in [0.4, 0.5) is 0 Å². The van der Waals surface area contributed by atoms with Crippen LogP contribution in [-0.4, -0.2) is 27.0 Å². The lowest BCUT2D eigenvalue weighted by molar-refractivity contribution is 0.474. The smallest absolute Gasteiger partial charge is 0.206 e. The second-order valence-corrected chi connectivity index (χ2v) is 11.5. The highest BCUT2D eigenvalue weighted by atomic mass is 32.2. The van der Waals surface area contributed by atoms with Gasteiger partial charge in [0, 0.05) is 0 Å². The molecule has 0 aliphatic rings. The first-order chi connectivity index (χ1) is 16.0. The first-order valence-electron chi connectivity index (χ1n) is 10.2. The van der Waals surface area contributed by atoms with E-state index >= 15 is 0 Å². The molecule has 0 amide bonds. The molecule has 0 unspecified atom stereocenters. The highest BCUT2D eigenvalue weighted by Gasteiger charge is 2.18. The van der Waals surface area contributed by atoms with E-state index in [1.165, 1.54) is 48.5 Å². The Morgan fingerprint density at radius 1 is 0.471 bits per heavy atom. The van der Waals surface area contributed by atoms with Gasteiger partial charge in [-0.15, -0.1) is 0 Å². The third-order valence-electron chi connectivity index (χ3n) is 4.93. The molecule has 34 heavy (non-hydrogen) atoms. The number of benzene rings is 4. The molecule has 0 aromatic heterocycles. The molecule has 8 heteroatoms. The van der Waals surface area contributed by atoms with Crippen molar-refractivity contribution in [2.75, 3.05) is 0 Å². The van der Waals surface area contributed by atoms with Crippen LogP contribution in [0.3, 0.4) is 0 Å². The molecule has 176 valence electrons. The van der Waals surface area contributed by atoms with Crippen molar-refractivity contribution in [3.63, 3.8) is 0 Å². The summed E-state index contributed by atoms with van der Waals surface area (Å²) in [6.07, 6.45) is 0. The lowest BCUT2D eigenvalue weighted by Gasteiger charge is -2.05. The number of aryl methyl sites for hydroxylation is 2. The van der Waals surface area contributed by atoms with Crippen molar-refractivity contribution in [1.29, 1.82) is 0 Å². The normalized spacial score (nSPS) is 11.4. The number of sulfone groups is 2. The van der Waals surface area contributed by atoms with E-state index in [4.69, 9.17) is 10.2 Å². The molecular formula is C26H24O6S2. The highest BCUT2D eigenvalue weighted by Crippen LogP contribution is 2.24. The van der Waals surface area contributed by atoms with Crippen LogP contribution >= 0.6 is 0 Å². The zero-order valence-electron chi connectivity index (χ0n) is 18.6. The predicted molar refractivity (Wildman–Crippen MR) is 129 cm³/mol. The van der Waals surface area contributed by atoms with Crippen molar-refractivity contribution >= 4 is 19.7 Å². The van der Waals surface area contributed by atoms with Crippen LogP contribution in [0.2, 0.25) is 0 Å². The monoisotopic (exact) mass is 496 g/mol. The number of phenolic OH excluding ortho intramolecular Hbond substituents is 2. The average molecular weight is 497 g/mol. The van der Waals surface area contributed by atoms with E-state index in [9.17, 15) is 16.8 Å². The van der Waals surface area contributed by atoms with E-state index in [2.05, 4.69) is 0 Å². The van der Waals surface area contributed by atoms with E-state index < -0.39 is 19.7 Å². The van der Waals surface area contributed by atoms with E-state index in [1.54, 1.807) is 30.3 Å². The minimum atomic E-state index is -3.59. The zero-order valence-corrected chi connectivity index (χ0v) is 20.2. The maximum Gasteiger partial charge on any atom is 0.206 e. The Kier molecular flexibility index (Phi) is 7.44. The molecule has 0 saturated carbocycles. The Labute approximate surface area is 199 Å². The Balaban J connectivity index is 0.000000191. The van der Waals surface area contributed by atoms with Gasteiger partial charge in [-0.1, -0.05) is 29.8 Å². The van der Waals surface area contributed by atoms with Gasteiger partial charge in [0.1, 0.15) is 11.5 Å². The zero-order chi connectivity index (χ0) is 24.9. The summed E-state index contributed by atoms with van der Waals surface area (Å²) in [4.78, 5) is 0.886. The van der Waals surface area contributed by atoms with Crippen LogP contribution in [0.25, 0.3) is 0 Å². The highest BCUT2D eigenvalue weighted by molar-refractivity contribution is 7.91. The Bertz CT molecular complexity index is 1420. The van der Waals surface area contributed by atoms with Crippen molar-refractivity contribution in [1.82, 2.24) is 0 Å². The Morgan fingerprint density at radius 2 is 0.853 bits per heavy atom. The quantitative estimate of drug-likeness (QED) is 0.408. The summed E-state index contributed by atoms with van der Waals surface area (Å²) in [5.74, 6) is 0.0179. The number of phenols is 2. The average Bonchev–Trinajstić information content (AvgIpc) is 2.80. The van der Waals surface area contributed by atoms with Crippen molar-refractivity contribution < 1.29 is 27.0 Å². The van der Waals surface area contributed by atoms with Crippen LogP contribution in [0.15, 0.2) is 117 Å². The van der Waals surface area contributed by atoms with Gasteiger partial charge in [-0.3, -0.25) is 0 Å². The van der Waals surface area contributed by atoms with Crippen LogP contribution in [-0.2, 0) is 19.7 Å². The fraction of sp³-hybridized carbons (Fsp3) is 0.0769. The van der Waals surface area contributed by atoms with Crippen molar-refractivity contribution in [2.24, 2.45) is 0 Å². The molecule has 4 aromatic rings. The van der Waals surface area contributed by atoms with Gasteiger partial charge in [0.2, 0.25) is 19.7 Å². The summed E-state index contributed by atoms with van der Waals surface area (Å²) in [6, 6.07) is 24.4. The van der Waals surface area contributed by atoms with Gasteiger partial charge in [-0.2, -0.15) is 0 Å². The summed E-state index contributed by atoms with van der Waals surface area (Å²) in [6.45, 7) is 3.82. The fourth-order valence-electron chi connectivity index (χ4n) is 3.02. The van der Waals surface area contributed by atoms with E-state index in [0.717, 1.165) is 11.1 Å². The molecule has 0 spiro atoms. The van der Waals surface area contributed by atoms with Gasteiger partial charge in [-0.05, 0) is 92.2 Å². The minimum Gasteiger partial charge on any atom is -0.508 e. The van der Waals surface area contributed by atoms with Crippen molar-refractivity contribution in [3.8, 4) is 11.5 Å². The van der Waals surface area contributed by atoms with Crippen LogP contribution in [0, 0.1) is 13.8 Å². The Morgan fingerprint density at radius 3 is 1.26 bits per heavy atom. The van der Waals surface area contributed by atoms with Crippen LogP contribution in [0.5, 0.6) is 11.5 Å². The van der Waals surface area contributed by atoms with E-state index in [-0.39, 0.29) is 21.3 Å². The molecule has 0 aliphatic carbocycles. The largest absolute Gasteiger partial charge is 0.508 e. The molecular weight excluding hydrogens is 472 g/mol. The number of hydrogen-bond donors (Lipinski definition) is 2. The van der Waals surface area contributed by atoms with Gasteiger partial charge in [0.15, 0.2) is 0 Å². The maximum atomic E-state index is 12.3. The second kappa shape index (κ2) is 10.1. The number of rotatable bonds is 4. The summed E-state index contributed by atoms with van der Waals surface area (Å²) in [5.41, 5.74) is 1.99. The molecule has 2 N–H and O–H groups in total. The number of aromatic hydroxyl groups is 2. The van der Waals surface area contributed by atoms with Gasteiger partial charge >= 0.3 is 0 Å². The van der Waals surface area contributed by atoms with Gasteiger partial charge in [-0.25, -0.2) is 16.8 Å². The fourth-order valence-corrected chi connectivity index (χ4v) is 5.65. The standard InChI is InChI=1S/C14H14O2S.C12H10O4S/c1-11-6-8-13(9-7-11)17(15,16)14-5-3-4-12(2)10-14;13-9-1-5-11(6-2-9)17(15,16)12-7-3-10(14)4-8-12/h3-10H,1-2H3;1-8,13-14H. The summed E-state index contributed by atoms with van der Waals surface area (Å²) >= 11 is 0. The van der Waals surface area contributed by atoms with Gasteiger partial charge in [0.25, 0.3) is 0 Å². The molecule has 4 rings (SSSR count). The molecule has 0 heterocycles. The molecule has 0 atom stereocenters.